The maximum atomic E-state index is 13.2. The summed E-state index contributed by atoms with van der Waals surface area (Å²) in [6.07, 6.45) is -0.161. The fourth-order valence-electron chi connectivity index (χ4n) is 3.72. The predicted molar refractivity (Wildman–Crippen MR) is 154 cm³/mol. The lowest BCUT2D eigenvalue weighted by molar-refractivity contribution is -0.161. The van der Waals surface area contributed by atoms with Crippen molar-refractivity contribution in [2.24, 2.45) is 5.16 Å². The molecule has 0 unspecified atom stereocenters. The number of carboxylic acids is 3. The van der Waals surface area contributed by atoms with Gasteiger partial charge in [-0.05, 0) is 26.3 Å². The summed E-state index contributed by atoms with van der Waals surface area (Å²) in [7, 11) is 0. The molecular formula is C23H24N6O9S4. The van der Waals surface area contributed by atoms with Gasteiger partial charge in [0, 0.05) is 21.8 Å². The monoisotopic (exact) mass is 656 g/mol. The molecule has 6 N–H and O–H groups in total. The number of oxime groups is 1. The molecule has 2 aromatic rings. The third-order valence-electron chi connectivity index (χ3n) is 5.95. The molecule has 2 amide bonds. The highest BCUT2D eigenvalue weighted by Gasteiger charge is 2.54. The second-order valence-electron chi connectivity index (χ2n) is 9.38. The van der Waals surface area contributed by atoms with Gasteiger partial charge in [-0.25, -0.2) is 19.6 Å². The molecule has 4 rings (SSSR count). The number of nitrogens with two attached hydrogens (primary N) is 1. The minimum absolute atomic E-state index is 0.00508. The molecule has 224 valence electrons. The summed E-state index contributed by atoms with van der Waals surface area (Å²) in [5, 5.41) is 35.4. The Bertz CT molecular complexity index is 1530. The minimum atomic E-state index is -1.78. The highest BCUT2D eigenvalue weighted by Crippen LogP contribution is 2.42. The highest BCUT2D eigenvalue weighted by molar-refractivity contribution is 8.01. The number of aromatic nitrogens is 2. The van der Waals surface area contributed by atoms with Gasteiger partial charge in [-0.3, -0.25) is 19.3 Å². The molecule has 2 atom stereocenters. The van der Waals surface area contributed by atoms with E-state index in [0.717, 1.165) is 16.2 Å². The number of rotatable bonds is 12. The lowest BCUT2D eigenvalue weighted by atomic mass is 10.0. The summed E-state index contributed by atoms with van der Waals surface area (Å²) in [6.45, 7) is 4.17. The molecular weight excluding hydrogens is 633 g/mol. The number of hydrogen-bond acceptors (Lipinski definition) is 14. The van der Waals surface area contributed by atoms with Crippen LogP contribution in [0.3, 0.4) is 0 Å². The minimum Gasteiger partial charge on any atom is -0.481 e. The van der Waals surface area contributed by atoms with Gasteiger partial charge in [0.25, 0.3) is 11.8 Å². The Morgan fingerprint density at radius 3 is 2.57 bits per heavy atom. The number of fused-ring (bicyclic) bond motifs is 1. The van der Waals surface area contributed by atoms with Crippen molar-refractivity contribution in [2.45, 2.75) is 48.5 Å². The third kappa shape index (κ3) is 6.53. The van der Waals surface area contributed by atoms with Crippen molar-refractivity contribution in [1.29, 1.82) is 0 Å². The van der Waals surface area contributed by atoms with Gasteiger partial charge < -0.3 is 31.2 Å². The zero-order valence-corrected chi connectivity index (χ0v) is 25.4. The summed E-state index contributed by atoms with van der Waals surface area (Å²) < 4.78 is 0.580. The van der Waals surface area contributed by atoms with Crippen LogP contribution in [-0.2, 0) is 35.2 Å². The number of anilines is 1. The molecule has 0 aromatic carbocycles. The molecule has 0 spiro atoms. The summed E-state index contributed by atoms with van der Waals surface area (Å²) in [6, 6.07) is -1.10. The molecule has 0 radical (unpaired) electrons. The van der Waals surface area contributed by atoms with Crippen LogP contribution in [0.1, 0.15) is 30.1 Å². The molecule has 2 aliphatic rings. The predicted octanol–water partition coefficient (Wildman–Crippen LogP) is 1.23. The molecule has 0 saturated carbocycles. The van der Waals surface area contributed by atoms with Crippen molar-refractivity contribution in [2.75, 3.05) is 17.2 Å². The normalized spacial score (nSPS) is 18.8. The van der Waals surface area contributed by atoms with Crippen molar-refractivity contribution >= 4 is 86.8 Å². The SMILES string of the molecule is Cc1nc(SCC2=C(C(=O)O)N3C(=O)[C@@H](NC(=O)/C(=N/OC(C)(C)C(=O)O)c4csc(N)n4)[C@H]3SC2)sc1CC(=O)O. The molecule has 42 heavy (non-hydrogen) atoms. The molecule has 2 aliphatic heterocycles. The number of carboxylic acid groups (broad SMARTS) is 3. The number of thiazole rings is 2. The van der Waals surface area contributed by atoms with E-state index in [2.05, 4.69) is 20.4 Å². The van der Waals surface area contributed by atoms with Gasteiger partial charge in [0.1, 0.15) is 22.8 Å². The summed E-state index contributed by atoms with van der Waals surface area (Å²) in [4.78, 5) is 76.2. The molecule has 0 aliphatic carbocycles. The molecule has 2 aromatic heterocycles. The Balaban J connectivity index is 1.50. The standard InChI is InChI=1S/C23H24N6O9S4/c1-8-11(4-12(30)31)42-22(25-8)41-6-9-5-39-18-14(17(33)29(18)15(9)19(34)35)27-16(32)13(10-7-40-21(24)26-10)28-38-23(2,3)20(36)37/h7,14,18H,4-6H2,1-3H3,(H2,24,26)(H,27,32)(H,30,31)(H,34,35)(H,36,37)/b28-13+/t14-,18-/m1/s1. The number of nitrogens with zero attached hydrogens (tertiary/aromatic N) is 4. The number of aryl methyl sites for hydroxylation is 1. The largest absolute Gasteiger partial charge is 0.481 e. The number of nitrogen functional groups attached to an aromatic ring is 1. The number of carbonyl (C=O) groups excluding carboxylic acids is 2. The van der Waals surface area contributed by atoms with E-state index in [0.29, 0.717) is 20.5 Å². The number of thioether (sulfide) groups is 2. The van der Waals surface area contributed by atoms with E-state index in [-0.39, 0.29) is 34.4 Å². The number of nitrogens with one attached hydrogen (secondary N) is 1. The fraction of sp³-hybridized carbons (Fsp3) is 0.391. The Morgan fingerprint density at radius 2 is 1.98 bits per heavy atom. The first-order valence-electron chi connectivity index (χ1n) is 11.9. The Kier molecular flexibility index (Phi) is 9.14. The first-order valence-corrected chi connectivity index (χ1v) is 15.6. The average molecular weight is 657 g/mol. The van der Waals surface area contributed by atoms with Crippen molar-refractivity contribution in [3.05, 3.63) is 32.9 Å². The quantitative estimate of drug-likeness (QED) is 0.0936. The first-order chi connectivity index (χ1) is 19.7. The van der Waals surface area contributed by atoms with E-state index >= 15 is 0 Å². The number of aliphatic carboxylic acids is 3. The number of β-lactam (4-membered cyclic amide) rings is 1. The van der Waals surface area contributed by atoms with Gasteiger partial charge in [-0.1, -0.05) is 16.9 Å². The number of carbonyl (C=O) groups is 5. The van der Waals surface area contributed by atoms with Crippen molar-refractivity contribution in [1.82, 2.24) is 20.2 Å². The van der Waals surface area contributed by atoms with Gasteiger partial charge in [0.05, 0.1) is 12.1 Å². The highest BCUT2D eigenvalue weighted by atomic mass is 32.2. The lowest BCUT2D eigenvalue weighted by Gasteiger charge is -2.49. The van der Waals surface area contributed by atoms with Gasteiger partial charge in [0.15, 0.2) is 15.2 Å². The lowest BCUT2D eigenvalue weighted by Crippen LogP contribution is -2.71. The van der Waals surface area contributed by atoms with Gasteiger partial charge in [-0.2, -0.15) is 0 Å². The second kappa shape index (κ2) is 12.3. The van der Waals surface area contributed by atoms with E-state index in [1.807, 2.05) is 0 Å². The van der Waals surface area contributed by atoms with Crippen LogP contribution in [0, 0.1) is 6.92 Å². The van der Waals surface area contributed by atoms with Gasteiger partial charge >= 0.3 is 17.9 Å². The van der Waals surface area contributed by atoms with Crippen LogP contribution in [0.2, 0.25) is 0 Å². The van der Waals surface area contributed by atoms with E-state index in [9.17, 15) is 34.2 Å². The van der Waals surface area contributed by atoms with Crippen LogP contribution in [-0.4, -0.2) is 94.1 Å². The summed E-state index contributed by atoms with van der Waals surface area (Å²) >= 11 is 4.74. The van der Waals surface area contributed by atoms with Crippen LogP contribution < -0.4 is 11.1 Å². The smallest absolute Gasteiger partial charge is 0.352 e. The van der Waals surface area contributed by atoms with E-state index in [4.69, 9.17) is 15.7 Å². The molecule has 1 fully saturated rings. The second-order valence-corrected chi connectivity index (χ2v) is 13.7. The van der Waals surface area contributed by atoms with Gasteiger partial charge in [-0.15, -0.1) is 34.4 Å². The Morgan fingerprint density at radius 1 is 1.26 bits per heavy atom. The maximum absolute atomic E-state index is 13.2. The van der Waals surface area contributed by atoms with E-state index in [1.54, 1.807) is 6.92 Å². The van der Waals surface area contributed by atoms with Crippen LogP contribution >= 0.6 is 46.2 Å². The average Bonchev–Trinajstić information content (AvgIpc) is 3.49. The van der Waals surface area contributed by atoms with Crippen LogP contribution in [0.5, 0.6) is 0 Å². The van der Waals surface area contributed by atoms with Crippen LogP contribution in [0.15, 0.2) is 26.1 Å². The summed E-state index contributed by atoms with van der Waals surface area (Å²) in [5.41, 5.74) is 4.37. The zero-order valence-electron chi connectivity index (χ0n) is 22.1. The Labute approximate surface area is 254 Å². The van der Waals surface area contributed by atoms with Gasteiger partial charge in [0.2, 0.25) is 5.60 Å². The fourth-order valence-corrected chi connectivity index (χ4v) is 7.97. The molecule has 19 heteroatoms. The molecule has 15 nitrogen and oxygen atoms in total. The number of amides is 2. The Hall–Kier alpha value is -3.68. The van der Waals surface area contributed by atoms with Crippen molar-refractivity contribution in [3.8, 4) is 0 Å². The summed E-state index contributed by atoms with van der Waals surface area (Å²) in [5.74, 6) is -4.70. The molecule has 1 saturated heterocycles. The van der Waals surface area contributed by atoms with E-state index < -0.39 is 52.5 Å². The molecule has 0 bridgehead atoms. The molecule has 4 heterocycles. The zero-order chi connectivity index (χ0) is 30.9. The topological polar surface area (TPSA) is 235 Å². The van der Waals surface area contributed by atoms with E-state index in [1.165, 1.54) is 54.1 Å². The van der Waals surface area contributed by atoms with Crippen LogP contribution in [0.25, 0.3) is 0 Å². The van der Waals surface area contributed by atoms with Crippen molar-refractivity contribution < 1.29 is 44.1 Å². The van der Waals surface area contributed by atoms with Crippen LogP contribution in [0.4, 0.5) is 5.13 Å². The third-order valence-corrected chi connectivity index (χ3v) is 10.4. The maximum Gasteiger partial charge on any atom is 0.352 e. The first kappa shape index (κ1) is 31.3. The van der Waals surface area contributed by atoms with Crippen molar-refractivity contribution in [3.63, 3.8) is 0 Å². The number of hydrogen-bond donors (Lipinski definition) is 5.